The maximum atomic E-state index is 11.2. The molecule has 19 heavy (non-hydrogen) atoms. The smallest absolute Gasteiger partial charge is 0.307 e. The summed E-state index contributed by atoms with van der Waals surface area (Å²) < 4.78 is 10.3. The summed E-state index contributed by atoms with van der Waals surface area (Å²) >= 11 is 6.06. The second-order valence-corrected chi connectivity index (χ2v) is 4.43. The van der Waals surface area contributed by atoms with Crippen LogP contribution < -0.4 is 5.32 Å². The molecule has 0 amide bonds. The Hall–Kier alpha value is -1.52. The summed E-state index contributed by atoms with van der Waals surface area (Å²) in [7, 11) is 0. The van der Waals surface area contributed by atoms with Gasteiger partial charge in [-0.25, -0.2) is 0 Å². The fourth-order valence-electron chi connectivity index (χ4n) is 1.87. The largest absolute Gasteiger partial charge is 0.466 e. The van der Waals surface area contributed by atoms with Crippen LogP contribution in [0.25, 0.3) is 11.0 Å². The topological polar surface area (TPSA) is 51.5 Å². The molecule has 0 unspecified atom stereocenters. The molecule has 4 nitrogen and oxygen atoms in total. The highest BCUT2D eigenvalue weighted by atomic mass is 35.5. The van der Waals surface area contributed by atoms with Crippen LogP contribution in [0.3, 0.4) is 0 Å². The molecule has 5 heteroatoms. The van der Waals surface area contributed by atoms with Crippen LogP contribution >= 0.6 is 11.6 Å². The first kappa shape index (κ1) is 13.9. The number of carbonyl (C=O) groups excluding carboxylic acids is 1. The number of halogens is 1. The Kier molecular flexibility index (Phi) is 4.82. The van der Waals surface area contributed by atoms with Gasteiger partial charge in [0.1, 0.15) is 5.58 Å². The van der Waals surface area contributed by atoms with Gasteiger partial charge in [0.15, 0.2) is 5.22 Å². The van der Waals surface area contributed by atoms with Crippen molar-refractivity contribution in [1.82, 2.24) is 5.32 Å². The summed E-state index contributed by atoms with van der Waals surface area (Å²) in [6, 6.07) is 7.69. The fraction of sp³-hybridized carbons (Fsp3) is 0.357. The molecule has 0 saturated heterocycles. The molecular formula is C14H16ClNO3. The van der Waals surface area contributed by atoms with Gasteiger partial charge in [0.25, 0.3) is 0 Å². The molecule has 0 aliphatic carbocycles. The summed E-state index contributed by atoms with van der Waals surface area (Å²) in [5.74, 6) is -0.196. The first-order valence-electron chi connectivity index (χ1n) is 6.24. The van der Waals surface area contributed by atoms with Crippen LogP contribution in [0.2, 0.25) is 5.22 Å². The Labute approximate surface area is 116 Å². The van der Waals surface area contributed by atoms with Gasteiger partial charge in [-0.1, -0.05) is 18.2 Å². The molecule has 0 bridgehead atoms. The van der Waals surface area contributed by atoms with E-state index in [0.29, 0.717) is 31.3 Å². The van der Waals surface area contributed by atoms with Crippen molar-refractivity contribution in [3.63, 3.8) is 0 Å². The number of furan rings is 1. The van der Waals surface area contributed by atoms with Crippen molar-refractivity contribution in [2.75, 3.05) is 13.2 Å². The van der Waals surface area contributed by atoms with E-state index in [2.05, 4.69) is 5.32 Å². The van der Waals surface area contributed by atoms with Crippen LogP contribution in [-0.4, -0.2) is 19.1 Å². The number of para-hydroxylation sites is 1. The molecule has 1 aromatic carbocycles. The highest BCUT2D eigenvalue weighted by molar-refractivity contribution is 6.30. The SMILES string of the molecule is CCOC(=O)CCNCc1c(Cl)oc2ccccc12. The minimum atomic E-state index is -0.196. The number of carbonyl (C=O) groups is 1. The summed E-state index contributed by atoms with van der Waals surface area (Å²) in [6.07, 6.45) is 0.348. The van der Waals surface area contributed by atoms with E-state index in [1.54, 1.807) is 6.92 Å². The third kappa shape index (κ3) is 3.49. The van der Waals surface area contributed by atoms with Crippen LogP contribution in [0.4, 0.5) is 0 Å². The lowest BCUT2D eigenvalue weighted by molar-refractivity contribution is -0.142. The minimum absolute atomic E-state index is 0.196. The van der Waals surface area contributed by atoms with Crippen molar-refractivity contribution in [2.24, 2.45) is 0 Å². The average molecular weight is 282 g/mol. The van der Waals surface area contributed by atoms with Crippen LogP contribution in [0.15, 0.2) is 28.7 Å². The van der Waals surface area contributed by atoms with Crippen molar-refractivity contribution in [3.8, 4) is 0 Å². The zero-order valence-electron chi connectivity index (χ0n) is 10.7. The lowest BCUT2D eigenvalue weighted by Gasteiger charge is -2.04. The minimum Gasteiger partial charge on any atom is -0.466 e. The number of rotatable bonds is 6. The van der Waals surface area contributed by atoms with E-state index in [-0.39, 0.29) is 5.97 Å². The van der Waals surface area contributed by atoms with Gasteiger partial charge >= 0.3 is 5.97 Å². The number of hydrogen-bond acceptors (Lipinski definition) is 4. The predicted octanol–water partition coefficient (Wildman–Crippen LogP) is 3.13. The van der Waals surface area contributed by atoms with Gasteiger partial charge < -0.3 is 14.5 Å². The van der Waals surface area contributed by atoms with E-state index in [4.69, 9.17) is 20.8 Å². The molecule has 2 aromatic rings. The van der Waals surface area contributed by atoms with Gasteiger partial charge in [0.2, 0.25) is 0 Å². The molecular weight excluding hydrogens is 266 g/mol. The number of ether oxygens (including phenoxy) is 1. The van der Waals surface area contributed by atoms with Crippen molar-refractivity contribution in [2.45, 2.75) is 19.9 Å². The Morgan fingerprint density at radius 2 is 2.21 bits per heavy atom. The van der Waals surface area contributed by atoms with E-state index in [9.17, 15) is 4.79 Å². The van der Waals surface area contributed by atoms with Crippen molar-refractivity contribution >= 4 is 28.5 Å². The predicted molar refractivity (Wildman–Crippen MR) is 74.2 cm³/mol. The van der Waals surface area contributed by atoms with Gasteiger partial charge in [-0.2, -0.15) is 0 Å². The van der Waals surface area contributed by atoms with Crippen LogP contribution in [0.1, 0.15) is 18.9 Å². The summed E-state index contributed by atoms with van der Waals surface area (Å²) in [5, 5.41) is 4.55. The van der Waals surface area contributed by atoms with Gasteiger partial charge in [-0.15, -0.1) is 0 Å². The van der Waals surface area contributed by atoms with Crippen LogP contribution in [0.5, 0.6) is 0 Å². The van der Waals surface area contributed by atoms with E-state index in [0.717, 1.165) is 16.5 Å². The molecule has 0 atom stereocenters. The maximum Gasteiger partial charge on any atom is 0.307 e. The second kappa shape index (κ2) is 6.59. The molecule has 2 rings (SSSR count). The third-order valence-corrected chi connectivity index (χ3v) is 3.07. The summed E-state index contributed by atoms with van der Waals surface area (Å²) in [5.41, 5.74) is 1.69. The Bertz CT molecular complexity index is 565. The number of nitrogens with one attached hydrogen (secondary N) is 1. The lowest BCUT2D eigenvalue weighted by Crippen LogP contribution is -2.19. The molecule has 102 valence electrons. The zero-order chi connectivity index (χ0) is 13.7. The van der Waals surface area contributed by atoms with Crippen molar-refractivity contribution in [1.29, 1.82) is 0 Å². The zero-order valence-corrected chi connectivity index (χ0v) is 11.5. The first-order chi connectivity index (χ1) is 9.22. The molecule has 1 aromatic heterocycles. The summed E-state index contributed by atoms with van der Waals surface area (Å²) in [6.45, 7) is 3.32. The van der Waals surface area contributed by atoms with E-state index in [1.807, 2.05) is 24.3 Å². The normalized spacial score (nSPS) is 10.8. The van der Waals surface area contributed by atoms with Gasteiger partial charge in [0.05, 0.1) is 13.0 Å². The second-order valence-electron chi connectivity index (χ2n) is 4.08. The molecule has 1 N–H and O–H groups in total. The Morgan fingerprint density at radius 1 is 1.42 bits per heavy atom. The van der Waals surface area contributed by atoms with Gasteiger partial charge in [-0.3, -0.25) is 4.79 Å². The Balaban J connectivity index is 1.91. The molecule has 0 aliphatic heterocycles. The van der Waals surface area contributed by atoms with Gasteiger partial charge in [-0.05, 0) is 24.6 Å². The number of benzene rings is 1. The lowest BCUT2D eigenvalue weighted by atomic mass is 10.2. The highest BCUT2D eigenvalue weighted by Gasteiger charge is 2.11. The standard InChI is InChI=1S/C14H16ClNO3/c1-2-18-13(17)7-8-16-9-11-10-5-3-4-6-12(10)19-14(11)15/h3-6,16H,2,7-9H2,1H3. The number of hydrogen-bond donors (Lipinski definition) is 1. The molecule has 0 saturated carbocycles. The van der Waals surface area contributed by atoms with Crippen molar-refractivity contribution in [3.05, 3.63) is 35.0 Å². The average Bonchev–Trinajstić information content (AvgIpc) is 2.71. The molecule has 0 aliphatic rings. The maximum absolute atomic E-state index is 11.2. The number of fused-ring (bicyclic) bond motifs is 1. The fourth-order valence-corrected chi connectivity index (χ4v) is 2.12. The van der Waals surface area contributed by atoms with Gasteiger partial charge in [0, 0.05) is 24.0 Å². The quantitative estimate of drug-likeness (QED) is 0.653. The number of esters is 1. The van der Waals surface area contributed by atoms with Crippen LogP contribution in [-0.2, 0) is 16.1 Å². The van der Waals surface area contributed by atoms with E-state index >= 15 is 0 Å². The van der Waals surface area contributed by atoms with Crippen molar-refractivity contribution < 1.29 is 13.9 Å². The van der Waals surface area contributed by atoms with Crippen LogP contribution in [0, 0.1) is 0 Å². The molecule has 0 fully saturated rings. The van der Waals surface area contributed by atoms with E-state index in [1.165, 1.54) is 0 Å². The molecule has 1 heterocycles. The monoisotopic (exact) mass is 281 g/mol. The highest BCUT2D eigenvalue weighted by Crippen LogP contribution is 2.29. The molecule has 0 spiro atoms. The third-order valence-electron chi connectivity index (χ3n) is 2.76. The Morgan fingerprint density at radius 3 is 3.00 bits per heavy atom. The van der Waals surface area contributed by atoms with E-state index < -0.39 is 0 Å². The summed E-state index contributed by atoms with van der Waals surface area (Å²) in [4.78, 5) is 11.2. The molecule has 0 radical (unpaired) electrons. The first-order valence-corrected chi connectivity index (χ1v) is 6.62.